The molecule has 1 atom stereocenters. The Labute approximate surface area is 128 Å². The van der Waals surface area contributed by atoms with E-state index in [1.807, 2.05) is 0 Å². The highest BCUT2D eigenvalue weighted by atomic mass is 16.5. The van der Waals surface area contributed by atoms with Crippen LogP contribution in [0.3, 0.4) is 0 Å². The van der Waals surface area contributed by atoms with Crippen molar-refractivity contribution in [3.63, 3.8) is 0 Å². The molecule has 2 rings (SSSR count). The number of aliphatic carboxylic acids is 1. The van der Waals surface area contributed by atoms with Gasteiger partial charge in [0.2, 0.25) is 0 Å². The van der Waals surface area contributed by atoms with Crippen LogP contribution in [0.1, 0.15) is 52.9 Å². The Kier molecular flexibility index (Phi) is 5.67. The van der Waals surface area contributed by atoms with Gasteiger partial charge in [0, 0.05) is 19.1 Å². The summed E-state index contributed by atoms with van der Waals surface area (Å²) in [5, 5.41) is 9.03. The Hall–Kier alpha value is -0.610. The second kappa shape index (κ2) is 7.10. The fourth-order valence-electron chi connectivity index (χ4n) is 3.86. The fraction of sp³-hybridized carbons (Fsp3) is 0.941. The van der Waals surface area contributed by atoms with Gasteiger partial charge in [-0.15, -0.1) is 0 Å². The van der Waals surface area contributed by atoms with Crippen LogP contribution in [0.2, 0.25) is 0 Å². The Balaban J connectivity index is 1.82. The van der Waals surface area contributed by atoms with Crippen molar-refractivity contribution in [1.29, 1.82) is 0 Å². The van der Waals surface area contributed by atoms with Gasteiger partial charge >= 0.3 is 5.97 Å². The number of hydrogen-bond donors (Lipinski definition) is 1. The lowest BCUT2D eigenvalue weighted by Crippen LogP contribution is -2.48. The predicted octanol–water partition coefficient (Wildman–Crippen LogP) is 3.01. The van der Waals surface area contributed by atoms with Crippen molar-refractivity contribution >= 4 is 5.97 Å². The molecule has 0 aromatic carbocycles. The number of carboxylic acids is 1. The lowest BCUT2D eigenvalue weighted by Gasteiger charge is -2.41. The molecular weight excluding hydrogens is 266 g/mol. The van der Waals surface area contributed by atoms with E-state index in [9.17, 15) is 4.79 Å². The van der Waals surface area contributed by atoms with Gasteiger partial charge in [0.1, 0.15) is 0 Å². The predicted molar refractivity (Wildman–Crippen MR) is 83.3 cm³/mol. The summed E-state index contributed by atoms with van der Waals surface area (Å²) in [6, 6.07) is 0.0663. The van der Waals surface area contributed by atoms with E-state index < -0.39 is 5.97 Å². The molecule has 0 radical (unpaired) electrons. The molecule has 1 saturated heterocycles. The number of morpholine rings is 1. The molecule has 0 amide bonds. The third kappa shape index (κ3) is 4.96. The van der Waals surface area contributed by atoms with Gasteiger partial charge < -0.3 is 9.84 Å². The maximum absolute atomic E-state index is 11.0. The summed E-state index contributed by atoms with van der Waals surface area (Å²) in [7, 11) is 0. The SMILES string of the molecule is CC(C)(C)C1CCC(CN2CCOCC2CC(=O)O)CC1. The monoisotopic (exact) mass is 297 g/mol. The van der Waals surface area contributed by atoms with Crippen molar-refractivity contribution in [2.24, 2.45) is 17.3 Å². The van der Waals surface area contributed by atoms with E-state index in [1.54, 1.807) is 0 Å². The first-order valence-corrected chi connectivity index (χ1v) is 8.40. The van der Waals surface area contributed by atoms with Gasteiger partial charge in [0.25, 0.3) is 0 Å². The van der Waals surface area contributed by atoms with E-state index >= 15 is 0 Å². The summed E-state index contributed by atoms with van der Waals surface area (Å²) in [5.41, 5.74) is 0.426. The molecule has 1 unspecified atom stereocenters. The average Bonchev–Trinajstić information content (AvgIpc) is 2.40. The molecule has 1 heterocycles. The second-order valence-corrected chi connectivity index (χ2v) is 7.91. The topological polar surface area (TPSA) is 49.8 Å². The molecule has 2 aliphatic rings. The molecule has 1 aliphatic carbocycles. The highest BCUT2D eigenvalue weighted by Crippen LogP contribution is 2.40. The van der Waals surface area contributed by atoms with Crippen LogP contribution in [0.15, 0.2) is 0 Å². The van der Waals surface area contributed by atoms with E-state index in [0.29, 0.717) is 12.0 Å². The van der Waals surface area contributed by atoms with Crippen molar-refractivity contribution in [1.82, 2.24) is 4.90 Å². The van der Waals surface area contributed by atoms with Crippen molar-refractivity contribution in [3.8, 4) is 0 Å². The van der Waals surface area contributed by atoms with Gasteiger partial charge in [-0.2, -0.15) is 0 Å². The van der Waals surface area contributed by atoms with E-state index in [2.05, 4.69) is 25.7 Å². The molecule has 122 valence electrons. The molecule has 4 heteroatoms. The Morgan fingerprint density at radius 3 is 2.48 bits per heavy atom. The van der Waals surface area contributed by atoms with Crippen LogP contribution >= 0.6 is 0 Å². The van der Waals surface area contributed by atoms with E-state index in [1.165, 1.54) is 25.7 Å². The summed E-state index contributed by atoms with van der Waals surface area (Å²) in [6.07, 6.45) is 5.43. The van der Waals surface area contributed by atoms with Crippen molar-refractivity contribution in [2.45, 2.75) is 58.9 Å². The summed E-state index contributed by atoms with van der Waals surface area (Å²) in [5.74, 6) is 0.859. The van der Waals surface area contributed by atoms with Crippen molar-refractivity contribution in [3.05, 3.63) is 0 Å². The van der Waals surface area contributed by atoms with Crippen LogP contribution in [-0.2, 0) is 9.53 Å². The van der Waals surface area contributed by atoms with Gasteiger partial charge in [-0.05, 0) is 42.9 Å². The van der Waals surface area contributed by atoms with Crippen LogP contribution in [0.25, 0.3) is 0 Å². The fourth-order valence-corrected chi connectivity index (χ4v) is 3.86. The normalized spacial score (nSPS) is 32.0. The third-order valence-electron chi connectivity index (χ3n) is 5.32. The zero-order valence-electron chi connectivity index (χ0n) is 13.8. The van der Waals surface area contributed by atoms with Crippen molar-refractivity contribution < 1.29 is 14.6 Å². The molecule has 1 aliphatic heterocycles. The number of hydrogen-bond acceptors (Lipinski definition) is 3. The number of nitrogens with zero attached hydrogens (tertiary/aromatic N) is 1. The molecule has 0 spiro atoms. The summed E-state index contributed by atoms with van der Waals surface area (Å²) in [4.78, 5) is 13.3. The highest BCUT2D eigenvalue weighted by molar-refractivity contribution is 5.67. The largest absolute Gasteiger partial charge is 0.481 e. The minimum absolute atomic E-state index is 0.0663. The lowest BCUT2D eigenvalue weighted by atomic mass is 9.70. The first kappa shape index (κ1) is 16.8. The van der Waals surface area contributed by atoms with Gasteiger partial charge in [-0.1, -0.05) is 20.8 Å². The molecular formula is C17H31NO3. The zero-order chi connectivity index (χ0) is 15.5. The zero-order valence-corrected chi connectivity index (χ0v) is 13.8. The van der Waals surface area contributed by atoms with Crippen molar-refractivity contribution in [2.75, 3.05) is 26.3 Å². The van der Waals surface area contributed by atoms with E-state index in [0.717, 1.165) is 31.5 Å². The van der Waals surface area contributed by atoms with Crippen LogP contribution in [-0.4, -0.2) is 48.3 Å². The lowest BCUT2D eigenvalue weighted by molar-refractivity contribution is -0.140. The summed E-state index contributed by atoms with van der Waals surface area (Å²) >= 11 is 0. The summed E-state index contributed by atoms with van der Waals surface area (Å²) in [6.45, 7) is 10.3. The number of carboxylic acid groups (broad SMARTS) is 1. The number of ether oxygens (including phenoxy) is 1. The minimum atomic E-state index is -0.716. The third-order valence-corrected chi connectivity index (χ3v) is 5.32. The molecule has 0 bridgehead atoms. The molecule has 0 aromatic rings. The Bertz CT molecular complexity index is 342. The molecule has 2 fully saturated rings. The first-order chi connectivity index (χ1) is 9.86. The minimum Gasteiger partial charge on any atom is -0.481 e. The standard InChI is InChI=1S/C17H31NO3/c1-17(2,3)14-6-4-13(5-7-14)11-18-8-9-21-12-15(18)10-16(19)20/h13-15H,4-12H2,1-3H3,(H,19,20). The van der Waals surface area contributed by atoms with Gasteiger partial charge in [-0.3, -0.25) is 9.69 Å². The maximum atomic E-state index is 11.0. The molecule has 1 N–H and O–H groups in total. The van der Waals surface area contributed by atoms with Gasteiger partial charge in [0.15, 0.2) is 0 Å². The van der Waals surface area contributed by atoms with Gasteiger partial charge in [-0.25, -0.2) is 0 Å². The molecule has 0 aromatic heterocycles. The van der Waals surface area contributed by atoms with Gasteiger partial charge in [0.05, 0.1) is 19.6 Å². The Morgan fingerprint density at radius 1 is 1.24 bits per heavy atom. The van der Waals surface area contributed by atoms with E-state index in [-0.39, 0.29) is 12.5 Å². The van der Waals surface area contributed by atoms with Crippen LogP contribution in [0, 0.1) is 17.3 Å². The van der Waals surface area contributed by atoms with Crippen LogP contribution in [0.5, 0.6) is 0 Å². The maximum Gasteiger partial charge on any atom is 0.305 e. The highest BCUT2D eigenvalue weighted by Gasteiger charge is 2.32. The quantitative estimate of drug-likeness (QED) is 0.866. The molecule has 1 saturated carbocycles. The second-order valence-electron chi connectivity index (χ2n) is 7.91. The van der Waals surface area contributed by atoms with E-state index in [4.69, 9.17) is 9.84 Å². The summed E-state index contributed by atoms with van der Waals surface area (Å²) < 4.78 is 5.46. The average molecular weight is 297 g/mol. The van der Waals surface area contributed by atoms with Crippen LogP contribution in [0.4, 0.5) is 0 Å². The smallest absolute Gasteiger partial charge is 0.305 e. The molecule has 4 nitrogen and oxygen atoms in total. The molecule has 21 heavy (non-hydrogen) atoms. The van der Waals surface area contributed by atoms with Crippen LogP contribution < -0.4 is 0 Å². The first-order valence-electron chi connectivity index (χ1n) is 8.40. The number of rotatable bonds is 4. The Morgan fingerprint density at radius 2 is 1.90 bits per heavy atom. The number of carbonyl (C=O) groups is 1.